The van der Waals surface area contributed by atoms with Gasteiger partial charge < -0.3 is 20.1 Å². The highest BCUT2D eigenvalue weighted by Crippen LogP contribution is 2.21. The zero-order chi connectivity index (χ0) is 20.4. The van der Waals surface area contributed by atoms with E-state index in [0.717, 1.165) is 29.7 Å². The van der Waals surface area contributed by atoms with Crippen molar-refractivity contribution in [3.8, 4) is 0 Å². The summed E-state index contributed by atoms with van der Waals surface area (Å²) in [4.78, 5) is 32.5. The molecule has 1 aromatic heterocycles. The van der Waals surface area contributed by atoms with E-state index in [-0.39, 0.29) is 11.8 Å². The Hall–Kier alpha value is -2.99. The topological polar surface area (TPSA) is 68.4 Å². The molecule has 7 heteroatoms. The van der Waals surface area contributed by atoms with Crippen LogP contribution in [0.4, 0.5) is 5.69 Å². The maximum atomic E-state index is 12.8. The molecule has 0 spiro atoms. The number of fused-ring (bicyclic) bond motifs is 1. The third-order valence-electron chi connectivity index (χ3n) is 5.26. The summed E-state index contributed by atoms with van der Waals surface area (Å²) in [5.74, 6) is -0.347. The summed E-state index contributed by atoms with van der Waals surface area (Å²) in [6.07, 6.45) is 0. The quantitative estimate of drug-likeness (QED) is 0.693. The number of rotatable bonds is 4. The lowest BCUT2D eigenvalue weighted by Gasteiger charge is -2.37. The van der Waals surface area contributed by atoms with Crippen LogP contribution in [0.15, 0.2) is 54.6 Å². The van der Waals surface area contributed by atoms with Gasteiger partial charge in [0.2, 0.25) is 5.91 Å². The highest BCUT2D eigenvalue weighted by Gasteiger charge is 2.26. The summed E-state index contributed by atoms with van der Waals surface area (Å²) in [6, 6.07) is 16.6. The summed E-state index contributed by atoms with van der Waals surface area (Å²) in [6.45, 7) is 4.41. The molecular weight excluding hydrogens is 388 g/mol. The van der Waals surface area contributed by atoms with Crippen LogP contribution >= 0.6 is 11.6 Å². The average Bonchev–Trinajstić information content (AvgIpc) is 3.18. The first-order chi connectivity index (χ1) is 14.0. The van der Waals surface area contributed by atoms with Gasteiger partial charge in [0.15, 0.2) is 0 Å². The molecule has 6 nitrogen and oxygen atoms in total. The van der Waals surface area contributed by atoms with Gasteiger partial charge in [0, 0.05) is 47.8 Å². The molecular formula is C22H23ClN4O2. The molecule has 2 N–H and O–H groups in total. The first kappa shape index (κ1) is 19.3. The van der Waals surface area contributed by atoms with Crippen LogP contribution in [0, 0.1) is 0 Å². The molecule has 1 saturated heterocycles. The molecule has 150 valence electrons. The van der Waals surface area contributed by atoms with Crippen LogP contribution in [0.25, 0.3) is 10.9 Å². The van der Waals surface area contributed by atoms with E-state index in [2.05, 4.69) is 15.2 Å². The number of piperazine rings is 1. The molecule has 1 aliphatic rings. The van der Waals surface area contributed by atoms with Gasteiger partial charge in [0.05, 0.1) is 0 Å². The smallest absolute Gasteiger partial charge is 0.268 e. The third-order valence-corrected chi connectivity index (χ3v) is 5.49. The Kier molecular flexibility index (Phi) is 5.45. The van der Waals surface area contributed by atoms with Crippen molar-refractivity contribution in [2.45, 2.75) is 13.0 Å². The Labute approximate surface area is 174 Å². The summed E-state index contributed by atoms with van der Waals surface area (Å²) in [7, 11) is 0. The molecule has 1 fully saturated rings. The van der Waals surface area contributed by atoms with E-state index < -0.39 is 6.04 Å². The van der Waals surface area contributed by atoms with Gasteiger partial charge in [0.1, 0.15) is 11.7 Å². The summed E-state index contributed by atoms with van der Waals surface area (Å²) < 4.78 is 0. The van der Waals surface area contributed by atoms with Gasteiger partial charge >= 0.3 is 0 Å². The number of halogens is 1. The van der Waals surface area contributed by atoms with Gasteiger partial charge in [-0.3, -0.25) is 9.59 Å². The summed E-state index contributed by atoms with van der Waals surface area (Å²) in [5.41, 5.74) is 2.41. The number of benzene rings is 2. The van der Waals surface area contributed by atoms with Crippen LogP contribution in [0.5, 0.6) is 0 Å². The zero-order valence-electron chi connectivity index (χ0n) is 16.2. The van der Waals surface area contributed by atoms with Crippen molar-refractivity contribution in [2.75, 3.05) is 31.1 Å². The number of anilines is 1. The van der Waals surface area contributed by atoms with Crippen molar-refractivity contribution < 1.29 is 9.59 Å². The standard InChI is InChI=1S/C22H23ClN4O2/c1-15(24-21(28)20-13-16-5-2-3-8-19(16)25-20)22(29)27-11-9-26(10-12-27)18-7-4-6-17(23)14-18/h2-8,13-15,25H,9-12H2,1H3,(H,24,28). The summed E-state index contributed by atoms with van der Waals surface area (Å²) >= 11 is 6.08. The molecule has 2 amide bonds. The Morgan fingerprint density at radius 2 is 1.79 bits per heavy atom. The van der Waals surface area contributed by atoms with E-state index in [0.29, 0.717) is 23.8 Å². The van der Waals surface area contributed by atoms with Gasteiger partial charge in [-0.05, 0) is 37.3 Å². The van der Waals surface area contributed by atoms with Gasteiger partial charge in [-0.2, -0.15) is 0 Å². The lowest BCUT2D eigenvalue weighted by molar-refractivity contribution is -0.133. The molecule has 2 aromatic carbocycles. The fourth-order valence-corrected chi connectivity index (χ4v) is 3.85. The van der Waals surface area contributed by atoms with Gasteiger partial charge in [-0.25, -0.2) is 0 Å². The number of para-hydroxylation sites is 1. The molecule has 3 aromatic rings. The number of nitrogens with one attached hydrogen (secondary N) is 2. The minimum atomic E-state index is -0.591. The highest BCUT2D eigenvalue weighted by molar-refractivity contribution is 6.30. The van der Waals surface area contributed by atoms with Gasteiger partial charge in [0.25, 0.3) is 5.91 Å². The zero-order valence-corrected chi connectivity index (χ0v) is 16.9. The van der Waals surface area contributed by atoms with Crippen LogP contribution < -0.4 is 10.2 Å². The van der Waals surface area contributed by atoms with E-state index in [1.807, 2.05) is 48.5 Å². The first-order valence-corrected chi connectivity index (χ1v) is 10.1. The van der Waals surface area contributed by atoms with Gasteiger partial charge in [-0.15, -0.1) is 0 Å². The van der Waals surface area contributed by atoms with Crippen LogP contribution in [0.2, 0.25) is 5.02 Å². The lowest BCUT2D eigenvalue weighted by Crippen LogP contribution is -2.54. The number of amides is 2. The minimum Gasteiger partial charge on any atom is -0.368 e. The monoisotopic (exact) mass is 410 g/mol. The fraction of sp³-hybridized carbons (Fsp3) is 0.273. The van der Waals surface area contributed by atoms with Crippen LogP contribution in [-0.4, -0.2) is 53.9 Å². The van der Waals surface area contributed by atoms with Crippen molar-refractivity contribution in [3.63, 3.8) is 0 Å². The number of carbonyl (C=O) groups is 2. The Bertz CT molecular complexity index is 1010. The first-order valence-electron chi connectivity index (χ1n) is 9.69. The van der Waals surface area contributed by atoms with Crippen LogP contribution in [-0.2, 0) is 4.79 Å². The Balaban J connectivity index is 1.34. The summed E-state index contributed by atoms with van der Waals surface area (Å²) in [5, 5.41) is 4.48. The Morgan fingerprint density at radius 1 is 1.03 bits per heavy atom. The van der Waals surface area contributed by atoms with Crippen molar-refractivity contribution in [2.24, 2.45) is 0 Å². The molecule has 4 rings (SSSR count). The van der Waals surface area contributed by atoms with Crippen molar-refractivity contribution in [1.82, 2.24) is 15.2 Å². The molecule has 29 heavy (non-hydrogen) atoms. The fourth-order valence-electron chi connectivity index (χ4n) is 3.66. The van der Waals surface area contributed by atoms with Crippen molar-refractivity contribution >= 4 is 40.0 Å². The SMILES string of the molecule is CC(NC(=O)c1cc2ccccc2[nH]1)C(=O)N1CCN(c2cccc(Cl)c2)CC1. The van der Waals surface area contributed by atoms with Crippen molar-refractivity contribution in [1.29, 1.82) is 0 Å². The molecule has 0 aliphatic carbocycles. The second-order valence-electron chi connectivity index (χ2n) is 7.26. The molecule has 0 saturated carbocycles. The maximum absolute atomic E-state index is 12.8. The molecule has 1 atom stereocenters. The second kappa shape index (κ2) is 8.17. The molecule has 1 unspecified atom stereocenters. The van der Waals surface area contributed by atoms with Crippen LogP contribution in [0.1, 0.15) is 17.4 Å². The number of hydrogen-bond acceptors (Lipinski definition) is 3. The second-order valence-corrected chi connectivity index (χ2v) is 7.69. The maximum Gasteiger partial charge on any atom is 0.268 e. The van der Waals surface area contributed by atoms with Crippen LogP contribution in [0.3, 0.4) is 0 Å². The number of H-pyrrole nitrogens is 1. The number of hydrogen-bond donors (Lipinski definition) is 2. The number of aromatic amines is 1. The number of nitrogens with zero attached hydrogens (tertiary/aromatic N) is 2. The van der Waals surface area contributed by atoms with Gasteiger partial charge in [-0.1, -0.05) is 35.9 Å². The van der Waals surface area contributed by atoms with E-state index in [1.54, 1.807) is 17.9 Å². The predicted octanol–water partition coefficient (Wildman–Crippen LogP) is 3.29. The highest BCUT2D eigenvalue weighted by atomic mass is 35.5. The molecule has 0 radical (unpaired) electrons. The molecule has 1 aliphatic heterocycles. The lowest BCUT2D eigenvalue weighted by atomic mass is 10.2. The Morgan fingerprint density at radius 3 is 2.52 bits per heavy atom. The van der Waals surface area contributed by atoms with Crippen molar-refractivity contribution in [3.05, 3.63) is 65.3 Å². The number of aromatic nitrogens is 1. The normalized spacial score (nSPS) is 15.4. The predicted molar refractivity (Wildman–Crippen MR) is 115 cm³/mol. The molecule has 0 bridgehead atoms. The average molecular weight is 411 g/mol. The van der Waals surface area contributed by atoms with E-state index in [4.69, 9.17) is 11.6 Å². The third kappa shape index (κ3) is 4.22. The van der Waals surface area contributed by atoms with E-state index in [9.17, 15) is 9.59 Å². The minimum absolute atomic E-state index is 0.0693. The number of carbonyl (C=O) groups excluding carboxylic acids is 2. The van der Waals surface area contributed by atoms with E-state index >= 15 is 0 Å². The largest absolute Gasteiger partial charge is 0.368 e. The van der Waals surface area contributed by atoms with E-state index in [1.165, 1.54) is 0 Å². The molecule has 2 heterocycles.